The number of ether oxygens (including phenoxy) is 2. The van der Waals surface area contributed by atoms with E-state index in [4.69, 9.17) is 9.47 Å². The van der Waals surface area contributed by atoms with Crippen molar-refractivity contribution in [3.05, 3.63) is 46.0 Å². The molecule has 2 amide bonds. The van der Waals surface area contributed by atoms with Crippen LogP contribution in [-0.2, 0) is 4.74 Å². The zero-order chi connectivity index (χ0) is 24.9. The first-order valence-corrected chi connectivity index (χ1v) is 11.2. The van der Waals surface area contributed by atoms with Crippen LogP contribution < -0.4 is 4.74 Å². The number of benzene rings is 1. The number of nitro groups is 1. The molecule has 9 heteroatoms. The molecule has 0 saturated carbocycles. The lowest BCUT2D eigenvalue weighted by atomic mass is 9.99. The number of rotatable bonds is 7. The first-order valence-electron chi connectivity index (χ1n) is 11.2. The summed E-state index contributed by atoms with van der Waals surface area (Å²) < 4.78 is 10.9. The number of carbonyl (C=O) groups excluding carboxylic acids is 2. The van der Waals surface area contributed by atoms with Crippen molar-refractivity contribution < 1.29 is 24.0 Å². The summed E-state index contributed by atoms with van der Waals surface area (Å²) in [7, 11) is 0. The number of nitro benzene ring substituents is 1. The van der Waals surface area contributed by atoms with Crippen LogP contribution in [0.4, 0.5) is 10.5 Å². The fraction of sp³-hybridized carbons (Fsp3) is 0.583. The summed E-state index contributed by atoms with van der Waals surface area (Å²) in [6.07, 6.45) is 2.55. The van der Waals surface area contributed by atoms with Crippen LogP contribution in [0.15, 0.2) is 24.8 Å². The highest BCUT2D eigenvalue weighted by Gasteiger charge is 2.35. The molecule has 182 valence electrons. The fourth-order valence-corrected chi connectivity index (χ4v) is 3.94. The first kappa shape index (κ1) is 26.2. The zero-order valence-electron chi connectivity index (χ0n) is 20.4. The van der Waals surface area contributed by atoms with E-state index in [0.717, 1.165) is 12.8 Å². The standard InChI is InChI=1S/C24H35N3O6/c1-8-12-32-21-13-17(4)19(14-20(21)27(30)31)22(28)26(16(2)3)18-10-9-11-25(15-18)23(29)33-24(5,6)7/h8,13-14,16,18H,1,9-12,15H2,2-7H3/t18-/m1/s1. The summed E-state index contributed by atoms with van der Waals surface area (Å²) in [5.41, 5.74) is -0.0531. The molecular weight excluding hydrogens is 426 g/mol. The third kappa shape index (κ3) is 6.69. The first-order chi connectivity index (χ1) is 15.4. The van der Waals surface area contributed by atoms with Crippen LogP contribution in [0.5, 0.6) is 5.75 Å². The third-order valence-electron chi connectivity index (χ3n) is 5.32. The van der Waals surface area contributed by atoms with Gasteiger partial charge in [-0.15, -0.1) is 0 Å². The molecule has 1 atom stereocenters. The van der Waals surface area contributed by atoms with Gasteiger partial charge >= 0.3 is 11.8 Å². The molecule has 1 aliphatic heterocycles. The maximum Gasteiger partial charge on any atom is 0.410 e. The van der Waals surface area contributed by atoms with Crippen LogP contribution in [0.3, 0.4) is 0 Å². The predicted molar refractivity (Wildman–Crippen MR) is 126 cm³/mol. The molecule has 1 heterocycles. The van der Waals surface area contributed by atoms with Gasteiger partial charge < -0.3 is 19.3 Å². The molecule has 0 aromatic heterocycles. The predicted octanol–water partition coefficient (Wildman–Crippen LogP) is 4.72. The molecule has 1 fully saturated rings. The van der Waals surface area contributed by atoms with E-state index >= 15 is 0 Å². The van der Waals surface area contributed by atoms with Gasteiger partial charge in [-0.2, -0.15) is 0 Å². The average Bonchev–Trinajstić information content (AvgIpc) is 2.70. The van der Waals surface area contributed by atoms with Gasteiger partial charge in [0, 0.05) is 30.8 Å². The van der Waals surface area contributed by atoms with Crippen molar-refractivity contribution >= 4 is 17.7 Å². The van der Waals surface area contributed by atoms with Crippen molar-refractivity contribution in [3.63, 3.8) is 0 Å². The van der Waals surface area contributed by atoms with Crippen molar-refractivity contribution in [1.82, 2.24) is 9.80 Å². The quantitative estimate of drug-likeness (QED) is 0.331. The molecule has 0 N–H and O–H groups in total. The van der Waals surface area contributed by atoms with Crippen molar-refractivity contribution in [2.24, 2.45) is 0 Å². The summed E-state index contributed by atoms with van der Waals surface area (Å²) >= 11 is 0. The van der Waals surface area contributed by atoms with Crippen molar-refractivity contribution in [2.75, 3.05) is 19.7 Å². The molecule has 1 aromatic rings. The Morgan fingerprint density at radius 3 is 2.58 bits per heavy atom. The number of likely N-dealkylation sites (tertiary alicyclic amines) is 1. The van der Waals surface area contributed by atoms with Gasteiger partial charge in [-0.3, -0.25) is 14.9 Å². The summed E-state index contributed by atoms with van der Waals surface area (Å²) in [4.78, 5) is 40.6. The molecule has 0 unspecified atom stereocenters. The number of carbonyl (C=O) groups is 2. The lowest BCUT2D eigenvalue weighted by Crippen LogP contribution is -2.54. The van der Waals surface area contributed by atoms with Gasteiger partial charge in [0.05, 0.1) is 11.0 Å². The lowest BCUT2D eigenvalue weighted by Gasteiger charge is -2.41. The van der Waals surface area contributed by atoms with E-state index < -0.39 is 16.6 Å². The van der Waals surface area contributed by atoms with Crippen LogP contribution in [0.25, 0.3) is 0 Å². The Morgan fingerprint density at radius 1 is 1.36 bits per heavy atom. The lowest BCUT2D eigenvalue weighted by molar-refractivity contribution is -0.385. The van der Waals surface area contributed by atoms with Gasteiger partial charge in [0.15, 0.2) is 5.75 Å². The van der Waals surface area contributed by atoms with E-state index in [1.807, 2.05) is 34.6 Å². The van der Waals surface area contributed by atoms with Crippen molar-refractivity contribution in [1.29, 1.82) is 0 Å². The minimum absolute atomic E-state index is 0.0961. The molecule has 1 aromatic carbocycles. The van der Waals surface area contributed by atoms with Gasteiger partial charge in [0.1, 0.15) is 12.2 Å². The van der Waals surface area contributed by atoms with Crippen molar-refractivity contribution in [3.8, 4) is 5.75 Å². The van der Waals surface area contributed by atoms with E-state index in [9.17, 15) is 19.7 Å². The molecular formula is C24H35N3O6. The summed E-state index contributed by atoms with van der Waals surface area (Å²) in [6.45, 7) is 15.6. The fourth-order valence-electron chi connectivity index (χ4n) is 3.94. The summed E-state index contributed by atoms with van der Waals surface area (Å²) in [6, 6.07) is 2.39. The van der Waals surface area contributed by atoms with Crippen LogP contribution >= 0.6 is 0 Å². The number of piperidine rings is 1. The van der Waals surface area contributed by atoms with Gasteiger partial charge in [-0.05, 0) is 66.0 Å². The number of hydrogen-bond acceptors (Lipinski definition) is 6. The van der Waals surface area contributed by atoms with Crippen LogP contribution in [0, 0.1) is 17.0 Å². The van der Waals surface area contributed by atoms with Crippen LogP contribution in [-0.4, -0.2) is 64.1 Å². The Balaban J connectivity index is 2.35. The molecule has 0 bridgehead atoms. The number of aryl methyl sites for hydroxylation is 1. The normalized spacial score (nSPS) is 16.3. The molecule has 9 nitrogen and oxygen atoms in total. The van der Waals surface area contributed by atoms with E-state index in [1.54, 1.807) is 16.7 Å². The maximum absolute atomic E-state index is 13.6. The minimum Gasteiger partial charge on any atom is -0.483 e. The van der Waals surface area contributed by atoms with Crippen LogP contribution in [0.2, 0.25) is 0 Å². The minimum atomic E-state index is -0.608. The molecule has 0 aliphatic carbocycles. The molecule has 33 heavy (non-hydrogen) atoms. The van der Waals surface area contributed by atoms with E-state index in [2.05, 4.69) is 6.58 Å². The Morgan fingerprint density at radius 2 is 2.03 bits per heavy atom. The third-order valence-corrected chi connectivity index (χ3v) is 5.32. The molecule has 1 saturated heterocycles. The summed E-state index contributed by atoms with van der Waals surface area (Å²) in [5.74, 6) is -0.212. The molecule has 0 spiro atoms. The topological polar surface area (TPSA) is 102 Å². The van der Waals surface area contributed by atoms with Crippen molar-refractivity contribution in [2.45, 2.75) is 72.1 Å². The molecule has 0 radical (unpaired) electrons. The smallest absolute Gasteiger partial charge is 0.410 e. The second-order valence-electron chi connectivity index (χ2n) is 9.52. The summed E-state index contributed by atoms with van der Waals surface area (Å²) in [5, 5.41) is 11.6. The zero-order valence-corrected chi connectivity index (χ0v) is 20.4. The maximum atomic E-state index is 13.6. The number of amides is 2. The SMILES string of the molecule is C=CCOc1cc(C)c(C(=O)N(C(C)C)[C@@H]2CCCN(C(=O)OC(C)(C)C)C2)cc1[N+](=O)[O-]. The Labute approximate surface area is 195 Å². The Hall–Kier alpha value is -3.10. The molecule has 1 aliphatic rings. The van der Waals surface area contributed by atoms with Gasteiger partial charge in [-0.1, -0.05) is 12.7 Å². The second-order valence-corrected chi connectivity index (χ2v) is 9.52. The highest BCUT2D eigenvalue weighted by molar-refractivity contribution is 5.97. The number of hydrogen-bond donors (Lipinski definition) is 0. The Kier molecular flexibility index (Phi) is 8.46. The number of nitrogens with zero attached hydrogens (tertiary/aromatic N) is 3. The van der Waals surface area contributed by atoms with Crippen LogP contribution in [0.1, 0.15) is 63.4 Å². The van der Waals surface area contributed by atoms with Gasteiger partial charge in [0.2, 0.25) is 0 Å². The highest BCUT2D eigenvalue weighted by atomic mass is 16.6. The van der Waals surface area contributed by atoms with E-state index in [-0.39, 0.29) is 41.6 Å². The van der Waals surface area contributed by atoms with Gasteiger partial charge in [-0.25, -0.2) is 4.79 Å². The highest BCUT2D eigenvalue weighted by Crippen LogP contribution is 2.32. The van der Waals surface area contributed by atoms with E-state index in [0.29, 0.717) is 18.7 Å². The molecule has 2 rings (SSSR count). The van der Waals surface area contributed by atoms with Gasteiger partial charge in [0.25, 0.3) is 5.91 Å². The van der Waals surface area contributed by atoms with E-state index in [1.165, 1.54) is 18.2 Å². The average molecular weight is 462 g/mol. The second kappa shape index (κ2) is 10.7. The largest absolute Gasteiger partial charge is 0.483 e. The Bertz CT molecular complexity index is 906. The monoisotopic (exact) mass is 461 g/mol.